The second-order valence-corrected chi connectivity index (χ2v) is 7.68. The Kier molecular flexibility index (Phi) is 4.42. The molecule has 1 aliphatic heterocycles. The lowest BCUT2D eigenvalue weighted by atomic mass is 10.2. The van der Waals surface area contributed by atoms with Gasteiger partial charge >= 0.3 is 0 Å². The van der Waals surface area contributed by atoms with Gasteiger partial charge in [-0.3, -0.25) is 0 Å². The number of nitrogens with one attached hydrogen (secondary N) is 2. The van der Waals surface area contributed by atoms with E-state index in [9.17, 15) is 12.8 Å². The van der Waals surface area contributed by atoms with Crippen LogP contribution in [0, 0.1) is 5.82 Å². The van der Waals surface area contributed by atoms with Crippen molar-refractivity contribution in [3.8, 4) is 0 Å². The van der Waals surface area contributed by atoms with Gasteiger partial charge < -0.3 is 10.6 Å². The SMILES string of the molecule is O=S1(=O)CCC(Nc2nccc(NCc3ccccc3F)n2)C1. The lowest BCUT2D eigenvalue weighted by molar-refractivity contribution is 0.602. The third kappa shape index (κ3) is 4.16. The first-order chi connectivity index (χ1) is 11.0. The number of hydrogen-bond donors (Lipinski definition) is 2. The molecule has 2 N–H and O–H groups in total. The van der Waals surface area contributed by atoms with Crippen LogP contribution in [0.15, 0.2) is 36.5 Å². The first-order valence-corrected chi connectivity index (χ1v) is 9.11. The summed E-state index contributed by atoms with van der Waals surface area (Å²) >= 11 is 0. The quantitative estimate of drug-likeness (QED) is 0.867. The Morgan fingerprint density at radius 1 is 1.26 bits per heavy atom. The molecule has 122 valence electrons. The second kappa shape index (κ2) is 6.49. The van der Waals surface area contributed by atoms with Gasteiger partial charge in [-0.15, -0.1) is 0 Å². The van der Waals surface area contributed by atoms with Crippen LogP contribution in [0.1, 0.15) is 12.0 Å². The third-order valence-corrected chi connectivity index (χ3v) is 5.41. The van der Waals surface area contributed by atoms with E-state index < -0.39 is 9.84 Å². The number of aromatic nitrogens is 2. The number of nitrogens with zero attached hydrogens (tertiary/aromatic N) is 2. The Balaban J connectivity index is 1.62. The highest BCUT2D eigenvalue weighted by Crippen LogP contribution is 2.16. The molecule has 23 heavy (non-hydrogen) atoms. The maximum Gasteiger partial charge on any atom is 0.224 e. The highest BCUT2D eigenvalue weighted by Gasteiger charge is 2.28. The molecule has 0 bridgehead atoms. The molecule has 0 aliphatic carbocycles. The van der Waals surface area contributed by atoms with Crippen molar-refractivity contribution in [1.29, 1.82) is 0 Å². The minimum atomic E-state index is -2.95. The van der Waals surface area contributed by atoms with Gasteiger partial charge in [-0.1, -0.05) is 18.2 Å². The van der Waals surface area contributed by atoms with Gasteiger partial charge in [0.05, 0.1) is 11.5 Å². The Labute approximate surface area is 134 Å². The summed E-state index contributed by atoms with van der Waals surface area (Å²) in [6, 6.07) is 8.03. The van der Waals surface area contributed by atoms with E-state index in [-0.39, 0.29) is 23.4 Å². The minimum absolute atomic E-state index is 0.100. The third-order valence-electron chi connectivity index (χ3n) is 3.64. The molecule has 1 aromatic carbocycles. The molecule has 1 atom stereocenters. The molecule has 2 heterocycles. The van der Waals surface area contributed by atoms with Crippen molar-refractivity contribution >= 4 is 21.6 Å². The summed E-state index contributed by atoms with van der Waals surface area (Å²) in [6.07, 6.45) is 2.13. The van der Waals surface area contributed by atoms with Crippen LogP contribution < -0.4 is 10.6 Å². The summed E-state index contributed by atoms with van der Waals surface area (Å²) in [5.41, 5.74) is 0.544. The molecule has 1 fully saturated rings. The van der Waals surface area contributed by atoms with Crippen LogP contribution in [0.25, 0.3) is 0 Å². The predicted octanol–water partition coefficient (Wildman–Crippen LogP) is 1.83. The molecule has 0 saturated carbocycles. The summed E-state index contributed by atoms with van der Waals surface area (Å²) in [4.78, 5) is 8.37. The first-order valence-electron chi connectivity index (χ1n) is 7.29. The fraction of sp³-hybridized carbons (Fsp3) is 0.333. The van der Waals surface area contributed by atoms with Gasteiger partial charge in [0, 0.05) is 24.3 Å². The van der Waals surface area contributed by atoms with E-state index in [1.165, 1.54) is 6.07 Å². The van der Waals surface area contributed by atoms with E-state index in [4.69, 9.17) is 0 Å². The van der Waals surface area contributed by atoms with Crippen molar-refractivity contribution in [3.05, 3.63) is 47.9 Å². The molecule has 8 heteroatoms. The molecular formula is C15H17FN4O2S. The fourth-order valence-electron chi connectivity index (χ4n) is 2.45. The van der Waals surface area contributed by atoms with E-state index in [0.717, 1.165) is 0 Å². The zero-order valence-electron chi connectivity index (χ0n) is 12.4. The van der Waals surface area contributed by atoms with Crippen LogP contribution in [0.3, 0.4) is 0 Å². The van der Waals surface area contributed by atoms with E-state index in [2.05, 4.69) is 20.6 Å². The Hall–Kier alpha value is -2.22. The smallest absolute Gasteiger partial charge is 0.224 e. The molecule has 1 aromatic heterocycles. The van der Waals surface area contributed by atoms with E-state index in [1.807, 2.05) is 0 Å². The molecule has 0 spiro atoms. The lowest BCUT2D eigenvalue weighted by Crippen LogP contribution is -2.22. The van der Waals surface area contributed by atoms with Crippen LogP contribution >= 0.6 is 0 Å². The summed E-state index contributed by atoms with van der Waals surface area (Å²) in [5, 5.41) is 6.06. The molecule has 0 radical (unpaired) electrons. The summed E-state index contributed by atoms with van der Waals surface area (Å²) in [6.45, 7) is 0.306. The monoisotopic (exact) mass is 336 g/mol. The van der Waals surface area contributed by atoms with Gasteiger partial charge in [-0.25, -0.2) is 17.8 Å². The van der Waals surface area contributed by atoms with Crippen molar-refractivity contribution in [2.24, 2.45) is 0 Å². The highest BCUT2D eigenvalue weighted by molar-refractivity contribution is 7.91. The Bertz CT molecular complexity index is 798. The summed E-state index contributed by atoms with van der Waals surface area (Å²) in [7, 11) is -2.95. The van der Waals surface area contributed by atoms with Gasteiger partial charge in [0.2, 0.25) is 5.95 Å². The van der Waals surface area contributed by atoms with Crippen LogP contribution in [0.5, 0.6) is 0 Å². The molecule has 2 aromatic rings. The average molecular weight is 336 g/mol. The average Bonchev–Trinajstić information content (AvgIpc) is 2.86. The maximum absolute atomic E-state index is 13.6. The van der Waals surface area contributed by atoms with Crippen LogP contribution in [-0.2, 0) is 16.4 Å². The van der Waals surface area contributed by atoms with E-state index >= 15 is 0 Å². The zero-order valence-corrected chi connectivity index (χ0v) is 13.2. The Morgan fingerprint density at radius 3 is 2.83 bits per heavy atom. The number of rotatable bonds is 5. The van der Waals surface area contributed by atoms with Gasteiger partial charge in [0.15, 0.2) is 9.84 Å². The molecule has 6 nitrogen and oxygen atoms in total. The normalized spacial score (nSPS) is 19.4. The van der Waals surface area contributed by atoms with Crippen LogP contribution in [0.4, 0.5) is 16.2 Å². The first kappa shape index (κ1) is 15.7. The van der Waals surface area contributed by atoms with Crippen molar-refractivity contribution in [2.75, 3.05) is 22.1 Å². The van der Waals surface area contributed by atoms with E-state index in [1.54, 1.807) is 30.5 Å². The summed E-state index contributed by atoms with van der Waals surface area (Å²) in [5.74, 6) is 0.930. The van der Waals surface area contributed by atoms with Crippen molar-refractivity contribution in [3.63, 3.8) is 0 Å². The number of halogens is 1. The zero-order chi connectivity index (χ0) is 16.3. The fourth-order valence-corrected chi connectivity index (χ4v) is 4.12. The van der Waals surface area contributed by atoms with Gasteiger partial charge in [0.25, 0.3) is 0 Å². The molecule has 1 unspecified atom stereocenters. The van der Waals surface area contributed by atoms with Crippen LogP contribution in [0.2, 0.25) is 0 Å². The minimum Gasteiger partial charge on any atom is -0.366 e. The molecular weight excluding hydrogens is 319 g/mol. The number of anilines is 2. The second-order valence-electron chi connectivity index (χ2n) is 5.45. The standard InChI is InChI=1S/C15H17FN4O2S/c16-13-4-2-1-3-11(13)9-18-14-5-7-17-15(20-14)19-12-6-8-23(21,22)10-12/h1-5,7,12H,6,8-10H2,(H2,17,18,19,20). The van der Waals surface area contributed by atoms with Gasteiger partial charge in [0.1, 0.15) is 11.6 Å². The maximum atomic E-state index is 13.6. The number of hydrogen-bond acceptors (Lipinski definition) is 6. The number of sulfone groups is 1. The molecule has 1 aliphatic rings. The molecule has 3 rings (SSSR count). The predicted molar refractivity (Wildman–Crippen MR) is 86.4 cm³/mol. The van der Waals surface area contributed by atoms with Crippen LogP contribution in [-0.4, -0.2) is 35.9 Å². The van der Waals surface area contributed by atoms with Crippen molar-refractivity contribution < 1.29 is 12.8 Å². The van der Waals surface area contributed by atoms with E-state index in [0.29, 0.717) is 30.3 Å². The van der Waals surface area contributed by atoms with Gasteiger partial charge in [-0.05, 0) is 18.6 Å². The molecule has 0 amide bonds. The lowest BCUT2D eigenvalue weighted by Gasteiger charge is -2.12. The summed E-state index contributed by atoms with van der Waals surface area (Å²) < 4.78 is 36.5. The molecule has 1 saturated heterocycles. The number of benzene rings is 1. The topological polar surface area (TPSA) is 84.0 Å². The van der Waals surface area contributed by atoms with Crippen molar-refractivity contribution in [2.45, 2.75) is 19.0 Å². The Morgan fingerprint density at radius 2 is 2.09 bits per heavy atom. The van der Waals surface area contributed by atoms with Gasteiger partial charge in [-0.2, -0.15) is 4.98 Å². The van der Waals surface area contributed by atoms with Crippen molar-refractivity contribution in [1.82, 2.24) is 9.97 Å². The largest absolute Gasteiger partial charge is 0.366 e. The highest BCUT2D eigenvalue weighted by atomic mass is 32.2.